The molecular weight excluding hydrogens is 214 g/mol. The number of nitrogens with two attached hydrogens (primary N) is 1. The highest BCUT2D eigenvalue weighted by Crippen LogP contribution is 2.32. The van der Waals surface area contributed by atoms with Crippen molar-refractivity contribution in [3.05, 3.63) is 24.6 Å². The fourth-order valence-corrected chi connectivity index (χ4v) is 2.41. The first kappa shape index (κ1) is 10.6. The van der Waals surface area contributed by atoms with Crippen LogP contribution in [0.4, 0.5) is 5.82 Å². The van der Waals surface area contributed by atoms with Crippen LogP contribution in [-0.4, -0.2) is 24.1 Å². The fraction of sp³-hybridized carbons (Fsp3) is 0.462. The number of fused-ring (bicyclic) bond motifs is 1. The summed E-state index contributed by atoms with van der Waals surface area (Å²) >= 11 is 0. The molecular formula is C13H17N3O. The molecule has 0 spiro atoms. The van der Waals surface area contributed by atoms with Gasteiger partial charge in [0.1, 0.15) is 11.4 Å². The third kappa shape index (κ3) is 1.78. The van der Waals surface area contributed by atoms with E-state index in [9.17, 15) is 0 Å². The van der Waals surface area contributed by atoms with Crippen molar-refractivity contribution in [1.82, 2.24) is 4.98 Å². The summed E-state index contributed by atoms with van der Waals surface area (Å²) in [5.41, 5.74) is 6.61. The number of rotatable bonds is 4. The molecule has 0 unspecified atom stereocenters. The highest BCUT2D eigenvalue weighted by molar-refractivity contribution is 5.88. The molecule has 2 aromatic heterocycles. The molecule has 0 aliphatic heterocycles. The molecule has 1 aliphatic carbocycles. The van der Waals surface area contributed by atoms with Gasteiger partial charge in [-0.2, -0.15) is 0 Å². The van der Waals surface area contributed by atoms with Crippen molar-refractivity contribution in [3.63, 3.8) is 0 Å². The van der Waals surface area contributed by atoms with E-state index in [0.29, 0.717) is 12.6 Å². The minimum absolute atomic E-state index is 0.603. The van der Waals surface area contributed by atoms with E-state index in [1.165, 1.54) is 19.3 Å². The lowest BCUT2D eigenvalue weighted by Gasteiger charge is -2.38. The van der Waals surface area contributed by atoms with Crippen molar-refractivity contribution in [2.75, 3.05) is 18.0 Å². The van der Waals surface area contributed by atoms with Crippen LogP contribution in [0.1, 0.15) is 19.3 Å². The largest absolute Gasteiger partial charge is 0.464 e. The molecule has 0 amide bonds. The fourth-order valence-electron chi connectivity index (χ4n) is 2.41. The number of anilines is 1. The summed E-state index contributed by atoms with van der Waals surface area (Å²) in [5.74, 6) is 1.02. The summed E-state index contributed by atoms with van der Waals surface area (Å²) in [6.45, 7) is 1.52. The van der Waals surface area contributed by atoms with Crippen LogP contribution < -0.4 is 10.6 Å². The van der Waals surface area contributed by atoms with Crippen LogP contribution in [0.3, 0.4) is 0 Å². The second-order valence-electron chi connectivity index (χ2n) is 4.53. The Morgan fingerprint density at radius 3 is 3.00 bits per heavy atom. The van der Waals surface area contributed by atoms with E-state index in [1.807, 2.05) is 18.3 Å². The lowest BCUT2D eigenvalue weighted by Crippen LogP contribution is -2.43. The Labute approximate surface area is 100 Å². The zero-order valence-corrected chi connectivity index (χ0v) is 9.80. The number of nitrogens with zero attached hydrogens (tertiary/aromatic N) is 2. The van der Waals surface area contributed by atoms with Gasteiger partial charge >= 0.3 is 0 Å². The number of hydrogen-bond acceptors (Lipinski definition) is 4. The Bertz CT molecular complexity index is 504. The molecule has 0 aromatic carbocycles. The quantitative estimate of drug-likeness (QED) is 0.876. The predicted octanol–water partition coefficient (Wildman–Crippen LogP) is 2.15. The van der Waals surface area contributed by atoms with Crippen molar-refractivity contribution in [1.29, 1.82) is 0 Å². The summed E-state index contributed by atoms with van der Waals surface area (Å²) in [5, 5.41) is 1.09. The minimum Gasteiger partial charge on any atom is -0.464 e. The molecule has 2 N–H and O–H groups in total. The summed E-state index contributed by atoms with van der Waals surface area (Å²) in [6.07, 6.45) is 7.33. The van der Waals surface area contributed by atoms with Crippen LogP contribution in [-0.2, 0) is 0 Å². The average molecular weight is 231 g/mol. The van der Waals surface area contributed by atoms with Crippen molar-refractivity contribution >= 4 is 16.8 Å². The Kier molecular flexibility index (Phi) is 2.73. The highest BCUT2D eigenvalue weighted by atomic mass is 16.3. The third-order valence-corrected chi connectivity index (χ3v) is 3.52. The summed E-state index contributed by atoms with van der Waals surface area (Å²) in [6, 6.07) is 4.49. The van der Waals surface area contributed by atoms with Gasteiger partial charge in [0.25, 0.3) is 0 Å². The second-order valence-corrected chi connectivity index (χ2v) is 4.53. The van der Waals surface area contributed by atoms with Crippen LogP contribution in [0.2, 0.25) is 0 Å². The van der Waals surface area contributed by atoms with Gasteiger partial charge in [-0.15, -0.1) is 0 Å². The molecule has 90 valence electrons. The van der Waals surface area contributed by atoms with E-state index in [0.717, 1.165) is 23.3 Å². The molecule has 1 aliphatic rings. The average Bonchev–Trinajstić information content (AvgIpc) is 2.73. The topological polar surface area (TPSA) is 55.3 Å². The van der Waals surface area contributed by atoms with Crippen LogP contribution in [0.25, 0.3) is 11.0 Å². The van der Waals surface area contributed by atoms with E-state index in [1.54, 1.807) is 6.26 Å². The van der Waals surface area contributed by atoms with Gasteiger partial charge in [-0.1, -0.05) is 0 Å². The monoisotopic (exact) mass is 231 g/mol. The molecule has 0 bridgehead atoms. The molecule has 1 fully saturated rings. The summed E-state index contributed by atoms with van der Waals surface area (Å²) in [7, 11) is 0. The molecule has 2 heterocycles. The maximum Gasteiger partial charge on any atom is 0.139 e. The third-order valence-electron chi connectivity index (χ3n) is 3.52. The summed E-state index contributed by atoms with van der Waals surface area (Å²) < 4.78 is 5.42. The standard InChI is InChI=1S/C13H17N3O/c14-6-8-16(10-2-1-3-10)13-11-5-9-17-12(11)4-7-15-13/h4-5,7,9-10H,1-3,6,8,14H2. The molecule has 0 atom stereocenters. The van der Waals surface area contributed by atoms with Crippen molar-refractivity contribution < 1.29 is 4.42 Å². The maximum atomic E-state index is 5.71. The zero-order valence-electron chi connectivity index (χ0n) is 9.80. The van der Waals surface area contributed by atoms with E-state index in [2.05, 4.69) is 9.88 Å². The molecule has 0 saturated heterocycles. The lowest BCUT2D eigenvalue weighted by molar-refractivity contribution is 0.386. The van der Waals surface area contributed by atoms with Crippen LogP contribution in [0.15, 0.2) is 29.0 Å². The highest BCUT2D eigenvalue weighted by Gasteiger charge is 2.26. The molecule has 2 aromatic rings. The first-order valence-electron chi connectivity index (χ1n) is 6.19. The predicted molar refractivity (Wildman–Crippen MR) is 68.0 cm³/mol. The van der Waals surface area contributed by atoms with Gasteiger partial charge in [0.2, 0.25) is 0 Å². The SMILES string of the molecule is NCCN(c1nccc2occc12)C1CCC1. The first-order chi connectivity index (χ1) is 8.40. The number of pyridine rings is 1. The van der Waals surface area contributed by atoms with Crippen molar-refractivity contribution in [3.8, 4) is 0 Å². The Hall–Kier alpha value is -1.55. The molecule has 17 heavy (non-hydrogen) atoms. The van der Waals surface area contributed by atoms with Crippen LogP contribution in [0.5, 0.6) is 0 Å². The second kappa shape index (κ2) is 4.37. The number of hydrogen-bond donors (Lipinski definition) is 1. The Morgan fingerprint density at radius 1 is 1.41 bits per heavy atom. The lowest BCUT2D eigenvalue weighted by atomic mass is 9.91. The summed E-state index contributed by atoms with van der Waals surface area (Å²) in [4.78, 5) is 6.85. The molecule has 0 radical (unpaired) electrons. The van der Waals surface area contributed by atoms with Crippen molar-refractivity contribution in [2.24, 2.45) is 5.73 Å². The Morgan fingerprint density at radius 2 is 2.29 bits per heavy atom. The number of furan rings is 1. The van der Waals surface area contributed by atoms with E-state index in [4.69, 9.17) is 10.2 Å². The van der Waals surface area contributed by atoms with Gasteiger partial charge in [0.15, 0.2) is 0 Å². The smallest absolute Gasteiger partial charge is 0.139 e. The van der Waals surface area contributed by atoms with E-state index in [-0.39, 0.29) is 0 Å². The molecule has 3 rings (SSSR count). The van der Waals surface area contributed by atoms with Crippen LogP contribution >= 0.6 is 0 Å². The first-order valence-corrected chi connectivity index (χ1v) is 6.19. The van der Waals surface area contributed by atoms with Gasteiger partial charge in [-0.3, -0.25) is 0 Å². The Balaban J connectivity index is 2.01. The van der Waals surface area contributed by atoms with E-state index < -0.39 is 0 Å². The van der Waals surface area contributed by atoms with Crippen molar-refractivity contribution in [2.45, 2.75) is 25.3 Å². The minimum atomic E-state index is 0.603. The van der Waals surface area contributed by atoms with E-state index >= 15 is 0 Å². The van der Waals surface area contributed by atoms with Crippen LogP contribution in [0, 0.1) is 0 Å². The zero-order chi connectivity index (χ0) is 11.7. The number of aromatic nitrogens is 1. The van der Waals surface area contributed by atoms with Gasteiger partial charge in [0.05, 0.1) is 11.6 Å². The van der Waals surface area contributed by atoms with Gasteiger partial charge < -0.3 is 15.1 Å². The molecule has 4 nitrogen and oxygen atoms in total. The molecule has 1 saturated carbocycles. The van der Waals surface area contributed by atoms with Gasteiger partial charge in [-0.05, 0) is 31.4 Å². The normalized spacial score (nSPS) is 16.1. The molecule has 4 heteroatoms. The van der Waals surface area contributed by atoms with Gasteiger partial charge in [-0.25, -0.2) is 4.98 Å². The van der Waals surface area contributed by atoms with Gasteiger partial charge in [0, 0.05) is 25.3 Å². The maximum absolute atomic E-state index is 5.71.